The van der Waals surface area contributed by atoms with E-state index in [4.69, 9.17) is 9.15 Å². The molecule has 192 valence electrons. The Labute approximate surface area is 212 Å². The molecule has 4 aliphatic rings. The maximum atomic E-state index is 13.2. The van der Waals surface area contributed by atoms with E-state index in [1.807, 2.05) is 18.2 Å². The van der Waals surface area contributed by atoms with E-state index in [-0.39, 0.29) is 46.4 Å². The predicted molar refractivity (Wildman–Crippen MR) is 137 cm³/mol. The number of allylic oxidation sites excluding steroid dienone is 1. The zero-order valence-corrected chi connectivity index (χ0v) is 21.7. The molecule has 1 aliphatic heterocycles. The standard InChI is InChI=1S/C30H37NO5/c1-18-7-8-24-28(4,11-9-23-27(2,3)25(33)10-12-29(23,24)17-32)30(18)15-20-22(36-30)14-21(35-26(20)34)19-6-5-13-31-16-19/h5-7,13-14,16,23-25,32-33H,8-12,15,17H2,1-4H3. The summed E-state index contributed by atoms with van der Waals surface area (Å²) in [4.78, 5) is 17.4. The van der Waals surface area contributed by atoms with Crippen molar-refractivity contribution in [1.82, 2.24) is 4.98 Å². The van der Waals surface area contributed by atoms with Gasteiger partial charge in [0.2, 0.25) is 0 Å². The van der Waals surface area contributed by atoms with Crippen molar-refractivity contribution in [2.75, 3.05) is 6.61 Å². The number of pyridine rings is 1. The number of rotatable bonds is 2. The van der Waals surface area contributed by atoms with E-state index in [1.165, 1.54) is 0 Å². The van der Waals surface area contributed by atoms with E-state index in [1.54, 1.807) is 12.4 Å². The van der Waals surface area contributed by atoms with Crippen LogP contribution in [0.2, 0.25) is 0 Å². The molecule has 2 N–H and O–H groups in total. The summed E-state index contributed by atoms with van der Waals surface area (Å²) >= 11 is 0. The van der Waals surface area contributed by atoms with Crippen LogP contribution in [0.25, 0.3) is 11.3 Å². The quantitative estimate of drug-likeness (QED) is 0.580. The summed E-state index contributed by atoms with van der Waals surface area (Å²) in [6.07, 6.45) is 9.99. The minimum Gasteiger partial charge on any atom is -0.481 e. The molecule has 6 heteroatoms. The predicted octanol–water partition coefficient (Wildman–Crippen LogP) is 4.92. The highest BCUT2D eigenvalue weighted by molar-refractivity contribution is 5.59. The van der Waals surface area contributed by atoms with Gasteiger partial charge in [0.25, 0.3) is 0 Å². The number of aliphatic hydroxyl groups is 2. The van der Waals surface area contributed by atoms with Crippen LogP contribution in [0.4, 0.5) is 0 Å². The molecule has 0 radical (unpaired) electrons. The van der Waals surface area contributed by atoms with Crippen LogP contribution in [-0.4, -0.2) is 33.5 Å². The maximum Gasteiger partial charge on any atom is 0.343 e. The summed E-state index contributed by atoms with van der Waals surface area (Å²) in [5.74, 6) is 1.47. The summed E-state index contributed by atoms with van der Waals surface area (Å²) in [7, 11) is 0. The fraction of sp³-hybridized carbons (Fsp3) is 0.600. The lowest BCUT2D eigenvalue weighted by Crippen LogP contribution is -2.68. The Morgan fingerprint density at radius 1 is 1.17 bits per heavy atom. The SMILES string of the molecule is CC1=CCC2C3(CO)CCC(O)C(C)(C)C3CCC2(C)C12Cc1c(cc(-c3cccnc3)oc1=O)O2. The third-order valence-corrected chi connectivity index (χ3v) is 10.9. The average molecular weight is 492 g/mol. The lowest BCUT2D eigenvalue weighted by Gasteiger charge is -2.68. The fourth-order valence-electron chi connectivity index (χ4n) is 8.85. The van der Waals surface area contributed by atoms with Crippen molar-refractivity contribution < 1.29 is 19.4 Å². The number of hydrogen-bond donors (Lipinski definition) is 2. The first-order valence-electron chi connectivity index (χ1n) is 13.3. The summed E-state index contributed by atoms with van der Waals surface area (Å²) in [6.45, 7) is 8.89. The van der Waals surface area contributed by atoms with Gasteiger partial charge >= 0.3 is 5.63 Å². The maximum absolute atomic E-state index is 13.2. The molecule has 2 aromatic rings. The minimum atomic E-state index is -0.659. The fourth-order valence-corrected chi connectivity index (χ4v) is 8.85. The van der Waals surface area contributed by atoms with Crippen LogP contribution in [0.3, 0.4) is 0 Å². The van der Waals surface area contributed by atoms with Gasteiger partial charge in [-0.15, -0.1) is 0 Å². The van der Waals surface area contributed by atoms with E-state index in [9.17, 15) is 15.0 Å². The highest BCUT2D eigenvalue weighted by Gasteiger charge is 2.69. The molecule has 6 unspecified atom stereocenters. The molecule has 0 amide bonds. The number of aromatic nitrogens is 1. The molecule has 2 fully saturated rings. The van der Waals surface area contributed by atoms with Crippen molar-refractivity contribution in [2.24, 2.45) is 28.1 Å². The summed E-state index contributed by atoms with van der Waals surface area (Å²) in [5.41, 5.74) is 0.656. The van der Waals surface area contributed by atoms with Gasteiger partial charge in [0.15, 0.2) is 0 Å². The van der Waals surface area contributed by atoms with Crippen molar-refractivity contribution in [3.8, 4) is 17.1 Å². The topological polar surface area (TPSA) is 92.8 Å². The lowest BCUT2D eigenvalue weighted by molar-refractivity contribution is -0.223. The molecule has 3 heterocycles. The largest absolute Gasteiger partial charge is 0.481 e. The van der Waals surface area contributed by atoms with E-state index >= 15 is 0 Å². The van der Waals surface area contributed by atoms with E-state index in [0.29, 0.717) is 29.9 Å². The smallest absolute Gasteiger partial charge is 0.343 e. The van der Waals surface area contributed by atoms with Gasteiger partial charge in [-0.1, -0.05) is 26.8 Å². The molecule has 6 atom stereocenters. The zero-order valence-electron chi connectivity index (χ0n) is 21.7. The minimum absolute atomic E-state index is 0.108. The van der Waals surface area contributed by atoms with Crippen molar-refractivity contribution in [3.63, 3.8) is 0 Å². The second-order valence-corrected chi connectivity index (χ2v) is 12.5. The first-order valence-corrected chi connectivity index (χ1v) is 13.3. The van der Waals surface area contributed by atoms with Crippen molar-refractivity contribution in [2.45, 2.75) is 77.9 Å². The lowest BCUT2D eigenvalue weighted by atomic mass is 9.38. The highest BCUT2D eigenvalue weighted by Crippen LogP contribution is 2.70. The first-order chi connectivity index (χ1) is 17.1. The summed E-state index contributed by atoms with van der Waals surface area (Å²) in [5, 5.41) is 21.9. The highest BCUT2D eigenvalue weighted by atomic mass is 16.5. The van der Waals surface area contributed by atoms with Gasteiger partial charge in [0.05, 0.1) is 11.7 Å². The molecule has 2 aromatic heterocycles. The number of hydrogen-bond acceptors (Lipinski definition) is 6. The first kappa shape index (κ1) is 23.9. The molecule has 6 rings (SSSR count). The molecule has 1 spiro atoms. The van der Waals surface area contributed by atoms with E-state index < -0.39 is 5.60 Å². The molecule has 0 aromatic carbocycles. The Hall–Kier alpha value is -2.44. The normalized spacial score (nSPS) is 38.5. The second kappa shape index (κ2) is 7.78. The third kappa shape index (κ3) is 2.91. The molecule has 36 heavy (non-hydrogen) atoms. The van der Waals surface area contributed by atoms with Crippen molar-refractivity contribution in [1.29, 1.82) is 0 Å². The van der Waals surface area contributed by atoms with Gasteiger partial charge in [0.1, 0.15) is 17.1 Å². The average Bonchev–Trinajstić information content (AvgIpc) is 3.27. The number of ether oxygens (including phenoxy) is 1. The van der Waals surface area contributed by atoms with Crippen LogP contribution in [0.1, 0.15) is 65.4 Å². The van der Waals surface area contributed by atoms with Gasteiger partial charge < -0.3 is 19.4 Å². The Kier molecular flexibility index (Phi) is 5.17. The zero-order chi connectivity index (χ0) is 25.5. The van der Waals surface area contributed by atoms with Crippen molar-refractivity contribution >= 4 is 0 Å². The summed E-state index contributed by atoms with van der Waals surface area (Å²) < 4.78 is 12.7. The summed E-state index contributed by atoms with van der Waals surface area (Å²) in [6, 6.07) is 5.53. The Morgan fingerprint density at radius 2 is 1.97 bits per heavy atom. The molecular formula is C30H37NO5. The Bertz CT molecular complexity index is 1280. The van der Waals surface area contributed by atoms with Crippen LogP contribution < -0.4 is 10.4 Å². The van der Waals surface area contributed by atoms with E-state index in [0.717, 1.165) is 36.8 Å². The van der Waals surface area contributed by atoms with Crippen LogP contribution in [0, 0.1) is 28.1 Å². The monoisotopic (exact) mass is 491 g/mol. The third-order valence-electron chi connectivity index (χ3n) is 10.9. The van der Waals surface area contributed by atoms with Gasteiger partial charge in [-0.25, -0.2) is 4.79 Å². The Morgan fingerprint density at radius 3 is 2.69 bits per heavy atom. The molecule has 6 nitrogen and oxygen atoms in total. The number of fused-ring (bicyclic) bond motifs is 5. The van der Waals surface area contributed by atoms with Crippen LogP contribution in [0.15, 0.2) is 51.5 Å². The van der Waals surface area contributed by atoms with Gasteiger partial charge in [-0.3, -0.25) is 4.98 Å². The number of nitrogens with zero attached hydrogens (tertiary/aromatic N) is 1. The van der Waals surface area contributed by atoms with Crippen LogP contribution in [-0.2, 0) is 6.42 Å². The molecule has 0 saturated heterocycles. The van der Waals surface area contributed by atoms with Crippen LogP contribution >= 0.6 is 0 Å². The Balaban J connectivity index is 1.45. The molecule has 3 aliphatic carbocycles. The number of aliphatic hydroxyl groups excluding tert-OH is 2. The second-order valence-electron chi connectivity index (χ2n) is 12.5. The van der Waals surface area contributed by atoms with Gasteiger partial charge in [0, 0.05) is 47.9 Å². The van der Waals surface area contributed by atoms with E-state index in [2.05, 4.69) is 38.8 Å². The molecular weight excluding hydrogens is 454 g/mol. The van der Waals surface area contributed by atoms with Crippen molar-refractivity contribution in [3.05, 3.63) is 58.2 Å². The van der Waals surface area contributed by atoms with Gasteiger partial charge in [-0.2, -0.15) is 0 Å². The van der Waals surface area contributed by atoms with Crippen LogP contribution in [0.5, 0.6) is 5.75 Å². The molecule has 2 saturated carbocycles. The molecule has 0 bridgehead atoms. The van der Waals surface area contributed by atoms with Gasteiger partial charge in [-0.05, 0) is 74.0 Å².